The lowest BCUT2D eigenvalue weighted by Crippen LogP contribution is -2.19. The predicted octanol–water partition coefficient (Wildman–Crippen LogP) is 2.42. The summed E-state index contributed by atoms with van der Waals surface area (Å²) in [5.41, 5.74) is 9.10. The van der Waals surface area contributed by atoms with Crippen LogP contribution in [0.1, 0.15) is 22.7 Å². The van der Waals surface area contributed by atoms with E-state index in [1.165, 1.54) is 6.07 Å². The van der Waals surface area contributed by atoms with Gasteiger partial charge in [0.15, 0.2) is 0 Å². The van der Waals surface area contributed by atoms with E-state index in [2.05, 4.69) is 10.3 Å². The number of nitrogens with zero attached hydrogens (tertiary/aromatic N) is 1. The summed E-state index contributed by atoms with van der Waals surface area (Å²) in [7, 11) is 1.84. The molecule has 18 heavy (non-hydrogen) atoms. The molecule has 0 fully saturated rings. The Morgan fingerprint density at radius 3 is 2.72 bits per heavy atom. The third kappa shape index (κ3) is 2.33. The van der Waals surface area contributed by atoms with Gasteiger partial charge in [0.25, 0.3) is 0 Å². The molecule has 1 aromatic carbocycles. The van der Waals surface area contributed by atoms with Crippen LogP contribution in [0.4, 0.5) is 10.1 Å². The molecule has 0 saturated heterocycles. The maximum atomic E-state index is 13.3. The van der Waals surface area contributed by atoms with Crippen molar-refractivity contribution in [3.05, 3.63) is 59.2 Å². The van der Waals surface area contributed by atoms with Gasteiger partial charge >= 0.3 is 0 Å². The fourth-order valence-corrected chi connectivity index (χ4v) is 2.01. The summed E-state index contributed by atoms with van der Waals surface area (Å²) in [5.74, 6) is -0.201. The lowest BCUT2D eigenvalue weighted by Gasteiger charge is -2.19. The van der Waals surface area contributed by atoms with E-state index in [1.807, 2.05) is 13.1 Å². The highest BCUT2D eigenvalue weighted by atomic mass is 19.1. The molecule has 1 unspecified atom stereocenters. The average Bonchev–Trinajstić information content (AvgIpc) is 2.37. The van der Waals surface area contributed by atoms with Gasteiger partial charge in [-0.1, -0.05) is 12.1 Å². The topological polar surface area (TPSA) is 50.9 Å². The molecule has 4 heteroatoms. The fraction of sp³-hybridized carbons (Fsp3) is 0.214. The molecular weight excluding hydrogens is 229 g/mol. The summed E-state index contributed by atoms with van der Waals surface area (Å²) in [6, 6.07) is 6.73. The lowest BCUT2D eigenvalue weighted by molar-refractivity contribution is 0.614. The molecule has 0 bridgehead atoms. The van der Waals surface area contributed by atoms with E-state index in [9.17, 15) is 4.39 Å². The van der Waals surface area contributed by atoms with E-state index in [4.69, 9.17) is 5.73 Å². The van der Waals surface area contributed by atoms with Crippen molar-refractivity contribution in [1.29, 1.82) is 0 Å². The van der Waals surface area contributed by atoms with Gasteiger partial charge < -0.3 is 11.1 Å². The minimum Gasteiger partial charge on any atom is -0.398 e. The highest BCUT2D eigenvalue weighted by molar-refractivity contribution is 5.49. The molecule has 0 aliphatic carbocycles. The molecule has 3 nitrogen and oxygen atoms in total. The standard InChI is InChI=1S/C14H16FN3/c1-9-7-10(3-4-12(9)15)14(17-2)11-8-18-6-5-13(11)16/h3-8,14,17H,1-2H3,(H2,16,18). The molecule has 94 valence electrons. The van der Waals surface area contributed by atoms with Gasteiger partial charge in [0.2, 0.25) is 0 Å². The Bertz CT molecular complexity index is 554. The Hall–Kier alpha value is -1.94. The quantitative estimate of drug-likeness (QED) is 0.873. The summed E-state index contributed by atoms with van der Waals surface area (Å²) < 4.78 is 13.3. The van der Waals surface area contributed by atoms with Crippen LogP contribution in [0.15, 0.2) is 36.7 Å². The summed E-state index contributed by atoms with van der Waals surface area (Å²) in [5, 5.41) is 3.18. The SMILES string of the molecule is CNC(c1ccc(F)c(C)c1)c1cnccc1N. The molecule has 3 N–H and O–H groups in total. The molecule has 0 amide bonds. The van der Waals surface area contributed by atoms with Crippen molar-refractivity contribution in [2.24, 2.45) is 0 Å². The number of anilines is 1. The normalized spacial score (nSPS) is 12.4. The van der Waals surface area contributed by atoms with Crippen molar-refractivity contribution >= 4 is 5.69 Å². The molecule has 1 aromatic heterocycles. The van der Waals surface area contributed by atoms with Gasteiger partial charge in [0.1, 0.15) is 5.82 Å². The van der Waals surface area contributed by atoms with E-state index in [-0.39, 0.29) is 11.9 Å². The van der Waals surface area contributed by atoms with Crippen LogP contribution >= 0.6 is 0 Å². The largest absolute Gasteiger partial charge is 0.398 e. The van der Waals surface area contributed by atoms with Gasteiger partial charge in [-0.25, -0.2) is 4.39 Å². The van der Waals surface area contributed by atoms with Crippen LogP contribution in [0, 0.1) is 12.7 Å². The third-order valence-corrected chi connectivity index (χ3v) is 3.00. The molecule has 0 radical (unpaired) electrons. The van der Waals surface area contributed by atoms with Crippen molar-refractivity contribution in [2.75, 3.05) is 12.8 Å². The second-order valence-electron chi connectivity index (χ2n) is 4.23. The zero-order valence-electron chi connectivity index (χ0n) is 10.4. The summed E-state index contributed by atoms with van der Waals surface area (Å²) in [6.07, 6.45) is 3.39. The molecule has 1 atom stereocenters. The predicted molar refractivity (Wildman–Crippen MR) is 70.7 cm³/mol. The monoisotopic (exact) mass is 245 g/mol. The molecule has 0 saturated carbocycles. The Kier molecular flexibility index (Phi) is 3.58. The molecule has 1 heterocycles. The number of hydrogen-bond acceptors (Lipinski definition) is 3. The zero-order valence-corrected chi connectivity index (χ0v) is 10.4. The second kappa shape index (κ2) is 5.14. The first-order valence-electron chi connectivity index (χ1n) is 5.76. The highest BCUT2D eigenvalue weighted by Crippen LogP contribution is 2.26. The number of aryl methyl sites for hydroxylation is 1. The number of benzene rings is 1. The van der Waals surface area contributed by atoms with Gasteiger partial charge in [-0.05, 0) is 37.2 Å². The summed E-state index contributed by atoms with van der Waals surface area (Å²) >= 11 is 0. The average molecular weight is 245 g/mol. The van der Waals surface area contributed by atoms with E-state index in [1.54, 1.807) is 31.5 Å². The van der Waals surface area contributed by atoms with Crippen LogP contribution in [-0.4, -0.2) is 12.0 Å². The number of pyridine rings is 1. The minimum atomic E-state index is -0.201. The second-order valence-corrected chi connectivity index (χ2v) is 4.23. The smallest absolute Gasteiger partial charge is 0.126 e. The Labute approximate surface area is 106 Å². The number of halogens is 1. The van der Waals surface area contributed by atoms with Gasteiger partial charge in [-0.3, -0.25) is 4.98 Å². The molecular formula is C14H16FN3. The molecule has 2 aromatic rings. The number of nitrogens with two attached hydrogens (primary N) is 1. The van der Waals surface area contributed by atoms with E-state index >= 15 is 0 Å². The zero-order chi connectivity index (χ0) is 13.1. The van der Waals surface area contributed by atoms with Crippen LogP contribution in [0.25, 0.3) is 0 Å². The first-order valence-corrected chi connectivity index (χ1v) is 5.76. The third-order valence-electron chi connectivity index (χ3n) is 3.00. The maximum absolute atomic E-state index is 13.3. The Morgan fingerprint density at radius 1 is 1.33 bits per heavy atom. The van der Waals surface area contributed by atoms with E-state index in [0.717, 1.165) is 11.1 Å². The van der Waals surface area contributed by atoms with Crippen molar-refractivity contribution in [1.82, 2.24) is 10.3 Å². The van der Waals surface area contributed by atoms with Crippen LogP contribution in [0.5, 0.6) is 0 Å². The van der Waals surface area contributed by atoms with Crippen molar-refractivity contribution in [3.63, 3.8) is 0 Å². The van der Waals surface area contributed by atoms with Crippen molar-refractivity contribution < 1.29 is 4.39 Å². The number of aromatic nitrogens is 1. The number of nitrogen functional groups attached to an aromatic ring is 1. The first kappa shape index (κ1) is 12.5. The molecule has 0 aliphatic rings. The van der Waals surface area contributed by atoms with Crippen molar-refractivity contribution in [3.8, 4) is 0 Å². The van der Waals surface area contributed by atoms with Gasteiger partial charge in [-0.2, -0.15) is 0 Å². The van der Waals surface area contributed by atoms with Crippen LogP contribution < -0.4 is 11.1 Å². The number of nitrogens with one attached hydrogen (secondary N) is 1. The van der Waals surface area contributed by atoms with Crippen molar-refractivity contribution in [2.45, 2.75) is 13.0 Å². The first-order chi connectivity index (χ1) is 8.63. The Morgan fingerprint density at radius 2 is 2.11 bits per heavy atom. The van der Waals surface area contributed by atoms with Crippen LogP contribution in [-0.2, 0) is 0 Å². The molecule has 0 aliphatic heterocycles. The van der Waals surface area contributed by atoms with Gasteiger partial charge in [-0.15, -0.1) is 0 Å². The Balaban J connectivity index is 2.45. The van der Waals surface area contributed by atoms with Gasteiger partial charge in [0.05, 0.1) is 6.04 Å². The molecule has 0 spiro atoms. The highest BCUT2D eigenvalue weighted by Gasteiger charge is 2.15. The van der Waals surface area contributed by atoms with E-state index in [0.29, 0.717) is 11.3 Å². The molecule has 2 rings (SSSR count). The summed E-state index contributed by atoms with van der Waals surface area (Å²) in [4.78, 5) is 4.09. The van der Waals surface area contributed by atoms with E-state index < -0.39 is 0 Å². The lowest BCUT2D eigenvalue weighted by atomic mass is 9.97. The number of rotatable bonds is 3. The maximum Gasteiger partial charge on any atom is 0.126 e. The minimum absolute atomic E-state index is 0.0852. The van der Waals surface area contributed by atoms with Gasteiger partial charge in [0, 0.05) is 23.6 Å². The number of hydrogen-bond donors (Lipinski definition) is 2. The summed E-state index contributed by atoms with van der Waals surface area (Å²) in [6.45, 7) is 1.75. The van der Waals surface area contributed by atoms with Crippen LogP contribution in [0.2, 0.25) is 0 Å². The van der Waals surface area contributed by atoms with Crippen LogP contribution in [0.3, 0.4) is 0 Å². The fourth-order valence-electron chi connectivity index (χ4n) is 2.01.